The number of aliphatic hydroxyl groups excluding tert-OH is 1. The molecule has 0 aromatic carbocycles. The maximum atomic E-state index is 9.68. The van der Waals surface area contributed by atoms with Crippen LogP contribution in [0.4, 0.5) is 0 Å². The Balaban J connectivity index is 2.26. The first-order valence-corrected chi connectivity index (χ1v) is 5.98. The zero-order valence-corrected chi connectivity index (χ0v) is 10.3. The fourth-order valence-corrected chi connectivity index (χ4v) is 2.57. The van der Waals surface area contributed by atoms with Crippen LogP contribution in [0.1, 0.15) is 37.6 Å². The molecule has 1 unspecified atom stereocenters. The van der Waals surface area contributed by atoms with Crippen LogP contribution in [-0.2, 0) is 4.74 Å². The first-order valence-electron chi connectivity index (χ1n) is 5.19. The Hall–Kier alpha value is -0.390. The molecule has 2 heterocycles. The van der Waals surface area contributed by atoms with E-state index >= 15 is 0 Å². The Morgan fingerprint density at radius 2 is 2.27 bits per heavy atom. The first kappa shape index (κ1) is 11.1. The summed E-state index contributed by atoms with van der Waals surface area (Å²) in [5.74, 6) is 0. The lowest BCUT2D eigenvalue weighted by Crippen LogP contribution is -2.22. The van der Waals surface area contributed by atoms with Crippen LogP contribution in [0, 0.1) is 0 Å². The normalized spacial score (nSPS) is 20.5. The van der Waals surface area contributed by atoms with Gasteiger partial charge in [0.05, 0.1) is 28.5 Å². The van der Waals surface area contributed by atoms with Crippen molar-refractivity contribution >= 4 is 15.9 Å². The molecular formula is C10H15BrN2O2. The van der Waals surface area contributed by atoms with Gasteiger partial charge in [-0.05, 0) is 35.7 Å². The Morgan fingerprint density at radius 1 is 1.60 bits per heavy atom. The Bertz CT molecular complexity index is 332. The summed E-state index contributed by atoms with van der Waals surface area (Å²) in [4.78, 5) is 0. The second-order valence-electron chi connectivity index (χ2n) is 3.84. The van der Waals surface area contributed by atoms with Gasteiger partial charge in [-0.2, -0.15) is 5.10 Å². The van der Waals surface area contributed by atoms with Gasteiger partial charge in [-0.3, -0.25) is 4.68 Å². The molecule has 1 saturated heterocycles. The minimum Gasteiger partial charge on any atom is -0.387 e. The van der Waals surface area contributed by atoms with Gasteiger partial charge in [0.25, 0.3) is 0 Å². The van der Waals surface area contributed by atoms with Gasteiger partial charge in [0, 0.05) is 13.2 Å². The third kappa shape index (κ3) is 2.24. The van der Waals surface area contributed by atoms with Crippen LogP contribution in [0.3, 0.4) is 0 Å². The summed E-state index contributed by atoms with van der Waals surface area (Å²) in [6, 6.07) is 0.356. The van der Waals surface area contributed by atoms with Crippen molar-refractivity contribution in [2.75, 3.05) is 13.2 Å². The molecule has 4 nitrogen and oxygen atoms in total. The van der Waals surface area contributed by atoms with Crippen LogP contribution in [0.2, 0.25) is 0 Å². The monoisotopic (exact) mass is 274 g/mol. The highest BCUT2D eigenvalue weighted by Gasteiger charge is 2.22. The Kier molecular flexibility index (Phi) is 3.43. The molecule has 1 fully saturated rings. The second kappa shape index (κ2) is 4.63. The van der Waals surface area contributed by atoms with Gasteiger partial charge in [0.1, 0.15) is 0 Å². The number of hydrogen-bond acceptors (Lipinski definition) is 3. The van der Waals surface area contributed by atoms with E-state index in [1.165, 1.54) is 0 Å². The molecule has 15 heavy (non-hydrogen) atoms. The highest BCUT2D eigenvalue weighted by molar-refractivity contribution is 9.10. The van der Waals surface area contributed by atoms with Crippen LogP contribution in [-0.4, -0.2) is 28.1 Å². The van der Waals surface area contributed by atoms with Crippen molar-refractivity contribution in [1.29, 1.82) is 0 Å². The fourth-order valence-electron chi connectivity index (χ4n) is 1.96. The summed E-state index contributed by atoms with van der Waals surface area (Å²) in [7, 11) is 0. The molecular weight excluding hydrogens is 260 g/mol. The molecule has 1 aliphatic rings. The van der Waals surface area contributed by atoms with Crippen molar-refractivity contribution in [2.24, 2.45) is 0 Å². The first-order chi connectivity index (χ1) is 7.20. The van der Waals surface area contributed by atoms with Crippen LogP contribution in [0.15, 0.2) is 10.7 Å². The molecule has 5 heteroatoms. The quantitative estimate of drug-likeness (QED) is 0.898. The predicted molar refractivity (Wildman–Crippen MR) is 59.7 cm³/mol. The summed E-state index contributed by atoms with van der Waals surface area (Å²) in [6.45, 7) is 3.32. The lowest BCUT2D eigenvalue weighted by atomic mass is 10.1. The predicted octanol–water partition coefficient (Wildman–Crippen LogP) is 2.05. The van der Waals surface area contributed by atoms with E-state index in [4.69, 9.17) is 4.74 Å². The van der Waals surface area contributed by atoms with E-state index in [1.54, 1.807) is 13.1 Å². The van der Waals surface area contributed by atoms with Crippen molar-refractivity contribution in [1.82, 2.24) is 9.78 Å². The molecule has 2 rings (SSSR count). The third-order valence-corrected chi connectivity index (χ3v) is 3.33. The van der Waals surface area contributed by atoms with Crippen LogP contribution < -0.4 is 0 Å². The smallest absolute Gasteiger partial charge is 0.0940 e. The van der Waals surface area contributed by atoms with Crippen molar-refractivity contribution in [3.63, 3.8) is 0 Å². The maximum absolute atomic E-state index is 9.68. The topological polar surface area (TPSA) is 47.3 Å². The molecule has 0 radical (unpaired) electrons. The van der Waals surface area contributed by atoms with E-state index in [1.807, 2.05) is 4.68 Å². The van der Waals surface area contributed by atoms with Crippen molar-refractivity contribution in [3.8, 4) is 0 Å². The van der Waals surface area contributed by atoms with E-state index in [-0.39, 0.29) is 0 Å². The molecule has 0 bridgehead atoms. The average molecular weight is 275 g/mol. The van der Waals surface area contributed by atoms with Gasteiger partial charge >= 0.3 is 0 Å². The minimum absolute atomic E-state index is 0.356. The zero-order valence-electron chi connectivity index (χ0n) is 8.69. The molecule has 1 aromatic rings. The summed E-state index contributed by atoms with van der Waals surface area (Å²) in [6.07, 6.45) is 3.18. The van der Waals surface area contributed by atoms with Gasteiger partial charge in [-0.25, -0.2) is 0 Å². The van der Waals surface area contributed by atoms with Crippen molar-refractivity contribution in [2.45, 2.75) is 31.9 Å². The number of hydrogen-bond donors (Lipinski definition) is 1. The zero-order chi connectivity index (χ0) is 10.8. The summed E-state index contributed by atoms with van der Waals surface area (Å²) >= 11 is 3.41. The van der Waals surface area contributed by atoms with Crippen LogP contribution >= 0.6 is 15.9 Å². The van der Waals surface area contributed by atoms with Gasteiger partial charge in [0.15, 0.2) is 0 Å². The minimum atomic E-state index is -0.496. The molecule has 84 valence electrons. The summed E-state index contributed by atoms with van der Waals surface area (Å²) < 4.78 is 8.12. The largest absolute Gasteiger partial charge is 0.387 e. The molecule has 0 saturated carbocycles. The van der Waals surface area contributed by atoms with Crippen molar-refractivity contribution in [3.05, 3.63) is 16.4 Å². The Labute approximate surface area is 97.4 Å². The third-order valence-electron chi connectivity index (χ3n) is 2.72. The standard InChI is InChI=1S/C10H15BrN2O2/c1-7(14)10-9(11)6-12-13(10)8-2-4-15-5-3-8/h6-8,14H,2-5H2,1H3. The second-order valence-corrected chi connectivity index (χ2v) is 4.70. The number of aromatic nitrogens is 2. The number of aliphatic hydroxyl groups is 1. The Morgan fingerprint density at radius 3 is 2.87 bits per heavy atom. The molecule has 1 N–H and O–H groups in total. The lowest BCUT2D eigenvalue weighted by molar-refractivity contribution is 0.0623. The highest BCUT2D eigenvalue weighted by Crippen LogP contribution is 2.29. The van der Waals surface area contributed by atoms with E-state index in [0.717, 1.165) is 36.2 Å². The average Bonchev–Trinajstić information content (AvgIpc) is 2.61. The maximum Gasteiger partial charge on any atom is 0.0940 e. The van der Waals surface area contributed by atoms with Gasteiger partial charge in [-0.1, -0.05) is 0 Å². The van der Waals surface area contributed by atoms with Crippen LogP contribution in [0.5, 0.6) is 0 Å². The van der Waals surface area contributed by atoms with E-state index in [2.05, 4.69) is 21.0 Å². The SMILES string of the molecule is CC(O)c1c(Br)cnn1C1CCOCC1. The van der Waals surface area contributed by atoms with Gasteiger partial charge in [-0.15, -0.1) is 0 Å². The molecule has 0 amide bonds. The molecule has 0 spiro atoms. The van der Waals surface area contributed by atoms with Crippen molar-refractivity contribution < 1.29 is 9.84 Å². The molecule has 0 aliphatic carbocycles. The van der Waals surface area contributed by atoms with E-state index in [0.29, 0.717) is 6.04 Å². The van der Waals surface area contributed by atoms with E-state index < -0.39 is 6.10 Å². The number of ether oxygens (including phenoxy) is 1. The number of nitrogens with zero attached hydrogens (tertiary/aromatic N) is 2. The number of rotatable bonds is 2. The molecule has 1 atom stereocenters. The highest BCUT2D eigenvalue weighted by atomic mass is 79.9. The van der Waals surface area contributed by atoms with E-state index in [9.17, 15) is 5.11 Å². The lowest BCUT2D eigenvalue weighted by Gasteiger charge is -2.25. The fraction of sp³-hybridized carbons (Fsp3) is 0.700. The van der Waals surface area contributed by atoms with Gasteiger partial charge < -0.3 is 9.84 Å². The molecule has 1 aliphatic heterocycles. The number of halogens is 1. The summed E-state index contributed by atoms with van der Waals surface area (Å²) in [5, 5.41) is 14.0. The summed E-state index contributed by atoms with van der Waals surface area (Å²) in [5.41, 5.74) is 0.863. The van der Waals surface area contributed by atoms with Gasteiger partial charge in [0.2, 0.25) is 0 Å². The molecule has 1 aromatic heterocycles. The van der Waals surface area contributed by atoms with Crippen LogP contribution in [0.25, 0.3) is 0 Å².